The van der Waals surface area contributed by atoms with Crippen LogP contribution in [0.25, 0.3) is 11.4 Å². The normalized spacial score (nSPS) is 10.4. The second-order valence-corrected chi connectivity index (χ2v) is 3.87. The van der Waals surface area contributed by atoms with E-state index in [9.17, 15) is 4.79 Å². The summed E-state index contributed by atoms with van der Waals surface area (Å²) in [5.41, 5.74) is 1.37. The molecule has 0 saturated heterocycles. The summed E-state index contributed by atoms with van der Waals surface area (Å²) in [6.07, 6.45) is 0.0446. The zero-order chi connectivity index (χ0) is 13.8. The number of amides is 1. The van der Waals surface area contributed by atoms with E-state index in [1.54, 1.807) is 18.2 Å². The van der Waals surface area contributed by atoms with Crippen molar-refractivity contribution in [3.63, 3.8) is 0 Å². The molecule has 10 heteroatoms. The van der Waals surface area contributed by atoms with Gasteiger partial charge in [0.15, 0.2) is 5.82 Å². The van der Waals surface area contributed by atoms with Gasteiger partial charge in [-0.05, 0) is 17.3 Å². The summed E-state index contributed by atoms with van der Waals surface area (Å²) in [5.74, 6) is 0.549. The van der Waals surface area contributed by atoms with Crippen LogP contribution in [-0.4, -0.2) is 47.2 Å². The van der Waals surface area contributed by atoms with Crippen molar-refractivity contribution in [3.05, 3.63) is 30.1 Å². The summed E-state index contributed by atoms with van der Waals surface area (Å²) in [4.78, 5) is 11.8. The number of benzene rings is 1. The zero-order valence-electron chi connectivity index (χ0n) is 10.1. The Bertz CT molecular complexity index is 691. The molecule has 2 heterocycles. The van der Waals surface area contributed by atoms with Gasteiger partial charge in [-0.1, -0.05) is 17.3 Å². The predicted octanol–water partition coefficient (Wildman–Crippen LogP) is -0.439. The maximum Gasteiger partial charge on any atom is 0.232 e. The number of H-pyrrole nitrogens is 2. The smallest absolute Gasteiger partial charge is 0.232 e. The molecular formula is C10H9N9O. The summed E-state index contributed by atoms with van der Waals surface area (Å²) in [6.45, 7) is 0. The molecule has 3 N–H and O–H groups in total. The molecular weight excluding hydrogens is 262 g/mol. The molecule has 0 aliphatic rings. The van der Waals surface area contributed by atoms with Crippen molar-refractivity contribution in [2.24, 2.45) is 0 Å². The molecule has 0 aliphatic carbocycles. The summed E-state index contributed by atoms with van der Waals surface area (Å²) in [5, 5.41) is 29.5. The molecule has 0 aliphatic heterocycles. The highest BCUT2D eigenvalue weighted by atomic mass is 16.1. The number of carbonyl (C=O) groups excluding carboxylic acids is 1. The lowest BCUT2D eigenvalue weighted by Gasteiger charge is -2.04. The largest absolute Gasteiger partial charge is 0.326 e. The van der Waals surface area contributed by atoms with Crippen LogP contribution in [0, 0.1) is 0 Å². The molecule has 2 aromatic heterocycles. The van der Waals surface area contributed by atoms with Gasteiger partial charge in [0.2, 0.25) is 11.7 Å². The molecule has 1 amide bonds. The summed E-state index contributed by atoms with van der Waals surface area (Å²) in [7, 11) is 0. The van der Waals surface area contributed by atoms with Crippen LogP contribution >= 0.6 is 0 Å². The molecule has 20 heavy (non-hydrogen) atoms. The van der Waals surface area contributed by atoms with Crippen LogP contribution in [0.3, 0.4) is 0 Å². The number of nitrogens with zero attached hydrogens (tertiary/aromatic N) is 6. The van der Waals surface area contributed by atoms with Crippen LogP contribution in [0.5, 0.6) is 0 Å². The van der Waals surface area contributed by atoms with Gasteiger partial charge in [-0.3, -0.25) is 4.79 Å². The minimum Gasteiger partial charge on any atom is -0.326 e. The van der Waals surface area contributed by atoms with Crippen LogP contribution in [0.1, 0.15) is 5.82 Å². The Balaban J connectivity index is 1.71. The van der Waals surface area contributed by atoms with Gasteiger partial charge in [-0.15, -0.1) is 20.4 Å². The molecule has 0 spiro atoms. The second kappa shape index (κ2) is 5.22. The first kappa shape index (κ1) is 11.9. The van der Waals surface area contributed by atoms with E-state index in [-0.39, 0.29) is 12.3 Å². The van der Waals surface area contributed by atoms with Crippen molar-refractivity contribution in [3.8, 4) is 11.4 Å². The summed E-state index contributed by atoms with van der Waals surface area (Å²) in [6, 6.07) is 7.12. The first-order valence-electron chi connectivity index (χ1n) is 5.67. The van der Waals surface area contributed by atoms with E-state index in [0.717, 1.165) is 5.56 Å². The summed E-state index contributed by atoms with van der Waals surface area (Å²) >= 11 is 0. The fourth-order valence-corrected chi connectivity index (χ4v) is 1.63. The van der Waals surface area contributed by atoms with Crippen LogP contribution in [0.15, 0.2) is 24.3 Å². The molecule has 0 bridgehead atoms. The number of rotatable bonds is 4. The van der Waals surface area contributed by atoms with Crippen molar-refractivity contribution in [1.29, 1.82) is 0 Å². The average Bonchev–Trinajstić information content (AvgIpc) is 3.11. The monoisotopic (exact) mass is 271 g/mol. The first-order chi connectivity index (χ1) is 9.81. The van der Waals surface area contributed by atoms with Crippen LogP contribution < -0.4 is 5.32 Å². The third-order valence-electron chi connectivity index (χ3n) is 2.46. The zero-order valence-corrected chi connectivity index (χ0v) is 10.1. The molecule has 10 nitrogen and oxygen atoms in total. The molecule has 1 aromatic carbocycles. The number of carbonyl (C=O) groups is 1. The van der Waals surface area contributed by atoms with Crippen LogP contribution in [-0.2, 0) is 11.2 Å². The van der Waals surface area contributed by atoms with Gasteiger partial charge in [0.25, 0.3) is 0 Å². The van der Waals surface area contributed by atoms with Crippen LogP contribution in [0.4, 0.5) is 5.69 Å². The SMILES string of the molecule is O=C(Cc1nn[nH]n1)Nc1cccc(-c2nn[nH]n2)c1. The molecule has 100 valence electrons. The minimum atomic E-state index is -0.239. The lowest BCUT2D eigenvalue weighted by Crippen LogP contribution is -2.15. The Hall–Kier alpha value is -3.17. The highest BCUT2D eigenvalue weighted by molar-refractivity contribution is 5.92. The fourth-order valence-electron chi connectivity index (χ4n) is 1.63. The molecule has 0 radical (unpaired) electrons. The molecule has 0 atom stereocenters. The fraction of sp³-hybridized carbons (Fsp3) is 0.100. The standard InChI is InChI=1S/C10H9N9O/c20-9(5-8-12-16-17-13-8)11-7-3-1-2-6(4-7)10-14-18-19-15-10/h1-4H,5H2,(H,11,20)(H,12,13,16,17)(H,14,15,18,19). The van der Waals surface area contributed by atoms with E-state index in [4.69, 9.17) is 0 Å². The van der Waals surface area contributed by atoms with Crippen molar-refractivity contribution < 1.29 is 4.79 Å². The lowest BCUT2D eigenvalue weighted by molar-refractivity contribution is -0.115. The van der Waals surface area contributed by atoms with Crippen LogP contribution in [0.2, 0.25) is 0 Å². The number of hydrogen-bond acceptors (Lipinski definition) is 7. The summed E-state index contributed by atoms with van der Waals surface area (Å²) < 4.78 is 0. The van der Waals surface area contributed by atoms with E-state index < -0.39 is 0 Å². The van der Waals surface area contributed by atoms with Gasteiger partial charge in [-0.25, -0.2) is 0 Å². The van der Waals surface area contributed by atoms with Gasteiger partial charge in [0.05, 0.1) is 6.42 Å². The quantitative estimate of drug-likeness (QED) is 0.584. The van der Waals surface area contributed by atoms with Gasteiger partial charge in [0, 0.05) is 11.3 Å². The average molecular weight is 271 g/mol. The van der Waals surface area contributed by atoms with Gasteiger partial charge >= 0.3 is 0 Å². The third kappa shape index (κ3) is 2.63. The number of tetrazole rings is 2. The van der Waals surface area contributed by atoms with Gasteiger partial charge < -0.3 is 5.32 Å². The second-order valence-electron chi connectivity index (χ2n) is 3.87. The molecule has 0 unspecified atom stereocenters. The number of anilines is 1. The van der Waals surface area contributed by atoms with Crippen molar-refractivity contribution >= 4 is 11.6 Å². The Morgan fingerprint density at radius 1 is 1.15 bits per heavy atom. The molecule has 3 aromatic rings. The number of aromatic nitrogens is 8. The first-order valence-corrected chi connectivity index (χ1v) is 5.67. The highest BCUT2D eigenvalue weighted by Crippen LogP contribution is 2.18. The maximum atomic E-state index is 11.8. The Morgan fingerprint density at radius 3 is 2.75 bits per heavy atom. The molecule has 0 fully saturated rings. The minimum absolute atomic E-state index is 0.0446. The maximum absolute atomic E-state index is 11.8. The Kier molecular flexibility index (Phi) is 3.10. The Labute approximate surface area is 112 Å². The van der Waals surface area contributed by atoms with Crippen molar-refractivity contribution in [1.82, 2.24) is 41.2 Å². The lowest BCUT2D eigenvalue weighted by atomic mass is 10.2. The third-order valence-corrected chi connectivity index (χ3v) is 2.46. The molecule has 0 saturated carbocycles. The number of aromatic amines is 2. The number of nitrogens with one attached hydrogen (secondary N) is 3. The Morgan fingerprint density at radius 2 is 2.00 bits per heavy atom. The van der Waals surface area contributed by atoms with E-state index in [1.807, 2.05) is 6.07 Å². The number of hydrogen-bond donors (Lipinski definition) is 3. The van der Waals surface area contributed by atoms with E-state index in [2.05, 4.69) is 46.6 Å². The van der Waals surface area contributed by atoms with E-state index in [0.29, 0.717) is 17.3 Å². The molecule has 3 rings (SSSR count). The van der Waals surface area contributed by atoms with Crippen molar-refractivity contribution in [2.45, 2.75) is 6.42 Å². The van der Waals surface area contributed by atoms with Gasteiger partial charge in [-0.2, -0.15) is 10.4 Å². The topological polar surface area (TPSA) is 138 Å². The van der Waals surface area contributed by atoms with E-state index in [1.165, 1.54) is 0 Å². The van der Waals surface area contributed by atoms with Crippen molar-refractivity contribution in [2.75, 3.05) is 5.32 Å². The predicted molar refractivity (Wildman–Crippen MR) is 66.1 cm³/mol. The highest BCUT2D eigenvalue weighted by Gasteiger charge is 2.09. The van der Waals surface area contributed by atoms with Gasteiger partial charge in [0.1, 0.15) is 0 Å². The van der Waals surface area contributed by atoms with E-state index >= 15 is 0 Å².